The van der Waals surface area contributed by atoms with Gasteiger partial charge < -0.3 is 0 Å². The molecular weight excluding hydrogens is 212 g/mol. The molecule has 0 spiro atoms. The van der Waals surface area contributed by atoms with Crippen molar-refractivity contribution in [1.82, 2.24) is 0 Å². The van der Waals surface area contributed by atoms with Crippen molar-refractivity contribution in [3.63, 3.8) is 0 Å². The summed E-state index contributed by atoms with van der Waals surface area (Å²) in [7, 11) is 0. The highest BCUT2D eigenvalue weighted by Gasteiger charge is 2.19. The topological polar surface area (TPSA) is 0 Å². The molecule has 1 saturated carbocycles. The Hall–Kier alpha value is 1.25. The smallest absolute Gasteiger partial charge is 0.0888 e. The van der Waals surface area contributed by atoms with Gasteiger partial charge in [-0.15, -0.1) is 0 Å². The molecule has 1 unspecified atom stereocenters. The zero-order valence-electron chi connectivity index (χ0n) is 6.78. The van der Waals surface area contributed by atoms with Crippen molar-refractivity contribution in [3.8, 4) is 0 Å². The van der Waals surface area contributed by atoms with E-state index in [2.05, 4.69) is 22.9 Å². The molecule has 11 heavy (non-hydrogen) atoms. The summed E-state index contributed by atoms with van der Waals surface area (Å²) >= 11 is 3.74. The lowest BCUT2D eigenvalue weighted by Crippen LogP contribution is -2.16. The number of alkyl halides is 1. The molecule has 0 aromatic rings. The molecule has 0 aromatic carbocycles. The van der Waals surface area contributed by atoms with E-state index in [9.17, 15) is 0 Å². The van der Waals surface area contributed by atoms with E-state index in [0.717, 1.165) is 10.7 Å². The van der Waals surface area contributed by atoms with Crippen LogP contribution in [0.2, 0.25) is 0 Å². The van der Waals surface area contributed by atoms with E-state index >= 15 is 0 Å². The average Bonchev–Trinajstić information content (AvgIpc) is 2.05. The second kappa shape index (κ2) is 6.73. The van der Waals surface area contributed by atoms with Crippen LogP contribution in [-0.2, 0) is 0 Å². The number of hydrogen-bond donors (Lipinski definition) is 0. The third-order valence-electron chi connectivity index (χ3n) is 2.55. The normalized spacial score (nSPS) is 22.4. The van der Waals surface area contributed by atoms with Crippen LogP contribution in [0, 0.1) is 5.92 Å². The van der Waals surface area contributed by atoms with Gasteiger partial charge in [0.05, 0.1) is 0 Å². The van der Waals surface area contributed by atoms with Crippen LogP contribution in [-0.4, -0.2) is 27.9 Å². The van der Waals surface area contributed by atoms with Gasteiger partial charge >= 0.3 is 23.1 Å². The fourth-order valence-corrected chi connectivity index (χ4v) is 2.36. The van der Waals surface area contributed by atoms with Gasteiger partial charge in [0.15, 0.2) is 0 Å². The Kier molecular flexibility index (Phi) is 7.49. The van der Waals surface area contributed by atoms with Gasteiger partial charge in [0.2, 0.25) is 0 Å². The number of halogens is 1. The molecule has 1 rings (SSSR count). The molecule has 0 radical (unpaired) electrons. The Morgan fingerprint density at radius 1 is 1.27 bits per heavy atom. The summed E-state index contributed by atoms with van der Waals surface area (Å²) in [6, 6.07) is 0. The van der Waals surface area contributed by atoms with Crippen LogP contribution in [0.25, 0.3) is 0 Å². The maximum absolute atomic E-state index is 3.74. The molecule has 1 fully saturated rings. The first kappa shape index (κ1) is 12.2. The van der Waals surface area contributed by atoms with E-state index in [0.29, 0.717) is 0 Å². The van der Waals surface area contributed by atoms with Gasteiger partial charge in [-0.05, 0) is 25.2 Å². The third-order valence-corrected chi connectivity index (χ3v) is 3.95. The molecule has 0 bridgehead atoms. The number of rotatable bonds is 2. The second-order valence-electron chi connectivity index (χ2n) is 3.32. The van der Waals surface area contributed by atoms with E-state index in [-0.39, 0.29) is 23.1 Å². The standard InChI is InChI=1S/C9H17Br.Mg.2H/c1-2-9(10)8-6-4-3-5-7-8;;;/h8-9H,2-7H2,1H3;;;. The van der Waals surface area contributed by atoms with Crippen molar-refractivity contribution in [1.29, 1.82) is 0 Å². The third kappa shape index (κ3) is 4.14. The molecule has 1 aliphatic carbocycles. The molecular formula is C9H19BrMg. The SMILES string of the molecule is CCC(Br)C1CCCCC1.[MgH2]. The monoisotopic (exact) mass is 230 g/mol. The van der Waals surface area contributed by atoms with Gasteiger partial charge in [-0.3, -0.25) is 0 Å². The molecule has 2 heteroatoms. The quantitative estimate of drug-likeness (QED) is 0.506. The molecule has 0 aromatic heterocycles. The summed E-state index contributed by atoms with van der Waals surface area (Å²) in [6.07, 6.45) is 8.62. The van der Waals surface area contributed by atoms with Gasteiger partial charge in [-0.2, -0.15) is 0 Å². The lowest BCUT2D eigenvalue weighted by atomic mass is 9.86. The molecule has 0 heterocycles. The van der Waals surface area contributed by atoms with Crippen molar-refractivity contribution in [3.05, 3.63) is 0 Å². The van der Waals surface area contributed by atoms with Gasteiger partial charge in [0.1, 0.15) is 0 Å². The first-order valence-electron chi connectivity index (χ1n) is 4.48. The van der Waals surface area contributed by atoms with Gasteiger partial charge in [-0.1, -0.05) is 42.1 Å². The van der Waals surface area contributed by atoms with Crippen molar-refractivity contribution >= 4 is 39.0 Å². The molecule has 0 N–H and O–H groups in total. The minimum absolute atomic E-state index is 0. The Morgan fingerprint density at radius 3 is 2.27 bits per heavy atom. The summed E-state index contributed by atoms with van der Waals surface area (Å²) in [5.74, 6) is 0.985. The first-order chi connectivity index (χ1) is 4.84. The molecule has 0 nitrogen and oxygen atoms in total. The Balaban J connectivity index is 0.000001000. The fourth-order valence-electron chi connectivity index (χ4n) is 1.83. The minimum Gasteiger partial charge on any atom is -0.0888 e. The van der Waals surface area contributed by atoms with E-state index in [1.807, 2.05) is 0 Å². The Labute approximate surface area is 94.8 Å². The van der Waals surface area contributed by atoms with Crippen LogP contribution >= 0.6 is 15.9 Å². The molecule has 0 aliphatic heterocycles. The summed E-state index contributed by atoms with van der Waals surface area (Å²) in [4.78, 5) is 0.799. The average molecular weight is 231 g/mol. The highest BCUT2D eigenvalue weighted by Crippen LogP contribution is 2.31. The van der Waals surface area contributed by atoms with Crippen LogP contribution in [0.4, 0.5) is 0 Å². The van der Waals surface area contributed by atoms with E-state index < -0.39 is 0 Å². The summed E-state index contributed by atoms with van der Waals surface area (Å²) in [5, 5.41) is 0. The maximum Gasteiger partial charge on any atom is 0.316 e. The summed E-state index contributed by atoms with van der Waals surface area (Å²) in [5.41, 5.74) is 0. The first-order valence-corrected chi connectivity index (χ1v) is 5.40. The Bertz CT molecular complexity index is 89.6. The van der Waals surface area contributed by atoms with Crippen molar-refractivity contribution in [2.45, 2.75) is 50.3 Å². The molecule has 0 amide bonds. The molecule has 1 atom stereocenters. The van der Waals surface area contributed by atoms with Gasteiger partial charge in [-0.25, -0.2) is 0 Å². The maximum atomic E-state index is 3.74. The van der Waals surface area contributed by atoms with Crippen LogP contribution in [0.3, 0.4) is 0 Å². The minimum atomic E-state index is 0. The largest absolute Gasteiger partial charge is 0.316 e. The van der Waals surface area contributed by atoms with Crippen LogP contribution in [0.15, 0.2) is 0 Å². The van der Waals surface area contributed by atoms with Crippen LogP contribution in [0.1, 0.15) is 45.4 Å². The van der Waals surface area contributed by atoms with Crippen molar-refractivity contribution in [2.75, 3.05) is 0 Å². The lowest BCUT2D eigenvalue weighted by molar-refractivity contribution is 0.348. The zero-order valence-corrected chi connectivity index (χ0v) is 8.36. The van der Waals surface area contributed by atoms with E-state index in [1.165, 1.54) is 38.5 Å². The van der Waals surface area contributed by atoms with Gasteiger partial charge in [0, 0.05) is 4.83 Å². The summed E-state index contributed by atoms with van der Waals surface area (Å²) in [6.45, 7) is 2.27. The van der Waals surface area contributed by atoms with Gasteiger partial charge in [0.25, 0.3) is 0 Å². The Morgan fingerprint density at radius 2 is 1.82 bits per heavy atom. The van der Waals surface area contributed by atoms with Crippen molar-refractivity contribution in [2.24, 2.45) is 5.92 Å². The highest BCUT2D eigenvalue weighted by molar-refractivity contribution is 9.09. The molecule has 64 valence electrons. The molecule has 1 aliphatic rings. The van der Waals surface area contributed by atoms with Crippen molar-refractivity contribution < 1.29 is 0 Å². The predicted molar refractivity (Wildman–Crippen MR) is 58.1 cm³/mol. The zero-order chi connectivity index (χ0) is 7.40. The lowest BCUT2D eigenvalue weighted by Gasteiger charge is -2.25. The fraction of sp³-hybridized carbons (Fsp3) is 1.00. The van der Waals surface area contributed by atoms with Crippen LogP contribution < -0.4 is 0 Å². The second-order valence-corrected chi connectivity index (χ2v) is 4.50. The highest BCUT2D eigenvalue weighted by atomic mass is 79.9. The predicted octanol–water partition coefficient (Wildman–Crippen LogP) is 2.82. The van der Waals surface area contributed by atoms with E-state index in [1.54, 1.807) is 0 Å². The van der Waals surface area contributed by atoms with E-state index in [4.69, 9.17) is 0 Å². The molecule has 0 saturated heterocycles. The van der Waals surface area contributed by atoms with Crippen LogP contribution in [0.5, 0.6) is 0 Å². The summed E-state index contributed by atoms with van der Waals surface area (Å²) < 4.78 is 0. The number of hydrogen-bond acceptors (Lipinski definition) is 0.